The Balaban J connectivity index is 2.89. The highest BCUT2D eigenvalue weighted by molar-refractivity contribution is 5.56. The first-order chi connectivity index (χ1) is 7.50. The lowest BCUT2D eigenvalue weighted by Crippen LogP contribution is -2.32. The fourth-order valence-corrected chi connectivity index (χ4v) is 1.49. The van der Waals surface area contributed by atoms with Crippen molar-refractivity contribution in [2.45, 2.75) is 32.7 Å². The molecule has 1 rings (SSSR count). The van der Waals surface area contributed by atoms with Gasteiger partial charge in [-0.15, -0.1) is 0 Å². The highest BCUT2D eigenvalue weighted by Gasteiger charge is 2.18. The van der Waals surface area contributed by atoms with Gasteiger partial charge in [-0.2, -0.15) is 0 Å². The topological polar surface area (TPSA) is 70.1 Å². The maximum Gasteiger partial charge on any atom is 0.134 e. The van der Waals surface area contributed by atoms with Gasteiger partial charge in [0.2, 0.25) is 0 Å². The van der Waals surface area contributed by atoms with E-state index in [4.69, 9.17) is 5.11 Å². The Morgan fingerprint density at radius 2 is 1.94 bits per heavy atom. The molecule has 0 bridgehead atoms. The van der Waals surface area contributed by atoms with Crippen LogP contribution in [-0.4, -0.2) is 34.3 Å². The maximum atomic E-state index is 8.96. The quantitative estimate of drug-likeness (QED) is 0.705. The van der Waals surface area contributed by atoms with Crippen LogP contribution in [0.3, 0.4) is 0 Å². The van der Waals surface area contributed by atoms with E-state index in [1.807, 2.05) is 27.8 Å². The van der Waals surface area contributed by atoms with Crippen LogP contribution in [0.15, 0.2) is 6.33 Å². The summed E-state index contributed by atoms with van der Waals surface area (Å²) in [7, 11) is 1.83. The molecule has 0 unspecified atom stereocenters. The molecule has 0 spiro atoms. The average Bonchev–Trinajstić information content (AvgIpc) is 2.21. The molecule has 0 saturated heterocycles. The third-order valence-electron chi connectivity index (χ3n) is 2.51. The van der Waals surface area contributed by atoms with Gasteiger partial charge in [-0.3, -0.25) is 0 Å². The maximum absolute atomic E-state index is 8.96. The van der Waals surface area contributed by atoms with E-state index in [-0.39, 0.29) is 12.1 Å². The second-order valence-electron chi connectivity index (χ2n) is 4.43. The molecule has 1 aromatic rings. The van der Waals surface area contributed by atoms with Gasteiger partial charge in [-0.25, -0.2) is 9.97 Å². The molecule has 0 aromatic carbocycles. The van der Waals surface area contributed by atoms with E-state index in [0.29, 0.717) is 6.42 Å². The lowest BCUT2D eigenvalue weighted by atomic mass is 10.0. The van der Waals surface area contributed by atoms with E-state index in [9.17, 15) is 0 Å². The van der Waals surface area contributed by atoms with E-state index in [1.54, 1.807) is 0 Å². The smallest absolute Gasteiger partial charge is 0.134 e. The number of aliphatic hydroxyl groups is 1. The summed E-state index contributed by atoms with van der Waals surface area (Å²) < 4.78 is 0. The third kappa shape index (κ3) is 3.06. The van der Waals surface area contributed by atoms with Crippen molar-refractivity contribution in [3.63, 3.8) is 0 Å². The molecule has 16 heavy (non-hydrogen) atoms. The average molecular weight is 224 g/mol. The van der Waals surface area contributed by atoms with Gasteiger partial charge in [0.25, 0.3) is 0 Å². The second kappa shape index (κ2) is 5.12. The number of anilines is 2. The molecule has 0 radical (unpaired) electrons. The van der Waals surface area contributed by atoms with E-state index in [1.165, 1.54) is 6.33 Å². The first-order valence-electron chi connectivity index (χ1n) is 5.38. The number of aromatic nitrogens is 2. The fourth-order valence-electron chi connectivity index (χ4n) is 1.49. The minimum Gasteiger partial charge on any atom is -0.396 e. The Bertz CT molecular complexity index is 352. The van der Waals surface area contributed by atoms with Crippen LogP contribution >= 0.6 is 0 Å². The highest BCUT2D eigenvalue weighted by Crippen LogP contribution is 2.22. The van der Waals surface area contributed by atoms with Crippen LogP contribution in [0.1, 0.15) is 25.8 Å². The van der Waals surface area contributed by atoms with Gasteiger partial charge in [0.1, 0.15) is 18.0 Å². The first-order valence-corrected chi connectivity index (χ1v) is 5.38. The molecule has 0 aliphatic heterocycles. The van der Waals surface area contributed by atoms with Crippen LogP contribution in [0.2, 0.25) is 0 Å². The molecule has 0 amide bonds. The Kier molecular flexibility index (Phi) is 4.06. The second-order valence-corrected chi connectivity index (χ2v) is 4.43. The summed E-state index contributed by atoms with van der Waals surface area (Å²) in [5.74, 6) is 1.62. The van der Waals surface area contributed by atoms with Crippen molar-refractivity contribution in [3.05, 3.63) is 11.9 Å². The SMILES string of the molecule is CNc1ncnc(NC(C)(C)CCO)c1C. The molecule has 0 saturated carbocycles. The zero-order chi connectivity index (χ0) is 12.2. The summed E-state index contributed by atoms with van der Waals surface area (Å²) in [6.07, 6.45) is 2.20. The summed E-state index contributed by atoms with van der Waals surface area (Å²) >= 11 is 0. The van der Waals surface area contributed by atoms with E-state index in [0.717, 1.165) is 17.2 Å². The van der Waals surface area contributed by atoms with E-state index >= 15 is 0 Å². The summed E-state index contributed by atoms with van der Waals surface area (Å²) in [4.78, 5) is 8.33. The van der Waals surface area contributed by atoms with Gasteiger partial charge in [0.05, 0.1) is 0 Å². The van der Waals surface area contributed by atoms with Gasteiger partial charge in [-0.05, 0) is 27.2 Å². The Morgan fingerprint density at radius 3 is 2.50 bits per heavy atom. The zero-order valence-electron chi connectivity index (χ0n) is 10.3. The number of hydrogen-bond donors (Lipinski definition) is 3. The zero-order valence-corrected chi connectivity index (χ0v) is 10.3. The Hall–Kier alpha value is -1.36. The molecule has 0 atom stereocenters. The molecule has 1 heterocycles. The Labute approximate surface area is 96.3 Å². The minimum atomic E-state index is -0.182. The lowest BCUT2D eigenvalue weighted by molar-refractivity contribution is 0.260. The number of hydrogen-bond acceptors (Lipinski definition) is 5. The molecule has 0 aliphatic rings. The van der Waals surface area contributed by atoms with Gasteiger partial charge in [-0.1, -0.05) is 0 Å². The van der Waals surface area contributed by atoms with Crippen LogP contribution in [0.5, 0.6) is 0 Å². The molecule has 0 aliphatic carbocycles. The van der Waals surface area contributed by atoms with Gasteiger partial charge in [0, 0.05) is 24.8 Å². The molecule has 0 fully saturated rings. The molecule has 5 nitrogen and oxygen atoms in total. The van der Waals surface area contributed by atoms with E-state index < -0.39 is 0 Å². The monoisotopic (exact) mass is 224 g/mol. The normalized spacial score (nSPS) is 11.3. The number of aliphatic hydroxyl groups excluding tert-OH is 1. The van der Waals surface area contributed by atoms with Crippen LogP contribution in [-0.2, 0) is 0 Å². The van der Waals surface area contributed by atoms with Crippen molar-refractivity contribution in [2.75, 3.05) is 24.3 Å². The summed E-state index contributed by atoms with van der Waals surface area (Å²) in [6, 6.07) is 0. The van der Waals surface area contributed by atoms with Crippen LogP contribution in [0.4, 0.5) is 11.6 Å². The predicted molar refractivity (Wildman–Crippen MR) is 65.7 cm³/mol. The molecule has 1 aromatic heterocycles. The minimum absolute atomic E-state index is 0.156. The van der Waals surface area contributed by atoms with Crippen LogP contribution in [0, 0.1) is 6.92 Å². The third-order valence-corrected chi connectivity index (χ3v) is 2.51. The fraction of sp³-hybridized carbons (Fsp3) is 0.636. The molecule has 3 N–H and O–H groups in total. The van der Waals surface area contributed by atoms with Crippen LogP contribution < -0.4 is 10.6 Å². The van der Waals surface area contributed by atoms with Crippen molar-refractivity contribution in [1.82, 2.24) is 9.97 Å². The number of rotatable bonds is 5. The molecular formula is C11H20N4O. The van der Waals surface area contributed by atoms with Gasteiger partial charge in [0.15, 0.2) is 0 Å². The Morgan fingerprint density at radius 1 is 1.31 bits per heavy atom. The first kappa shape index (κ1) is 12.7. The summed E-state index contributed by atoms with van der Waals surface area (Å²) in [6.45, 7) is 6.18. The molecule has 5 heteroatoms. The standard InChI is InChI=1S/C11H20N4O/c1-8-9(12-4)13-7-14-10(8)15-11(2,3)5-6-16/h7,16H,5-6H2,1-4H3,(H2,12,13,14,15). The van der Waals surface area contributed by atoms with Crippen molar-refractivity contribution >= 4 is 11.6 Å². The lowest BCUT2D eigenvalue weighted by Gasteiger charge is -2.27. The van der Waals surface area contributed by atoms with Crippen molar-refractivity contribution < 1.29 is 5.11 Å². The summed E-state index contributed by atoms with van der Waals surface area (Å²) in [5, 5.41) is 15.3. The number of nitrogens with one attached hydrogen (secondary N) is 2. The van der Waals surface area contributed by atoms with Crippen molar-refractivity contribution in [2.24, 2.45) is 0 Å². The van der Waals surface area contributed by atoms with Crippen molar-refractivity contribution in [3.8, 4) is 0 Å². The van der Waals surface area contributed by atoms with Crippen molar-refractivity contribution in [1.29, 1.82) is 0 Å². The van der Waals surface area contributed by atoms with E-state index in [2.05, 4.69) is 20.6 Å². The molecular weight excluding hydrogens is 204 g/mol. The number of nitrogens with zero attached hydrogens (tertiary/aromatic N) is 2. The largest absolute Gasteiger partial charge is 0.396 e. The predicted octanol–water partition coefficient (Wildman–Crippen LogP) is 1.40. The van der Waals surface area contributed by atoms with Gasteiger partial charge < -0.3 is 15.7 Å². The van der Waals surface area contributed by atoms with Gasteiger partial charge >= 0.3 is 0 Å². The summed E-state index contributed by atoms with van der Waals surface area (Å²) in [5.41, 5.74) is 0.801. The highest BCUT2D eigenvalue weighted by atomic mass is 16.3. The molecule has 90 valence electrons. The van der Waals surface area contributed by atoms with Crippen LogP contribution in [0.25, 0.3) is 0 Å².